The number of aromatic nitrogens is 2. The Balaban J connectivity index is 2.12. The average Bonchev–Trinajstić information content (AvgIpc) is 3.01. The summed E-state index contributed by atoms with van der Waals surface area (Å²) in [5.41, 5.74) is 2.34. The van der Waals surface area contributed by atoms with Crippen LogP contribution in [0.5, 0.6) is 0 Å². The van der Waals surface area contributed by atoms with Crippen LogP contribution in [0.1, 0.15) is 43.5 Å². The number of ether oxygens (including phenoxy) is 1. The second kappa shape index (κ2) is 9.48. The fraction of sp³-hybridized carbons (Fsp3) is 0.526. The lowest BCUT2D eigenvalue weighted by atomic mass is 10.1. The topological polar surface area (TPSA) is 30.3 Å². The summed E-state index contributed by atoms with van der Waals surface area (Å²) in [6.45, 7) is 4.94. The standard InChI is InChI=1S/C19H29N3O/c1-4-5-15-22-18(12-13-20-22)19(17-10-7-6-8-11-17)23-16-9-14-21(2)3/h6-8,10-13,19H,4-5,9,14-16H2,1-3H3. The molecule has 1 aromatic carbocycles. The summed E-state index contributed by atoms with van der Waals surface area (Å²) in [4.78, 5) is 2.19. The van der Waals surface area contributed by atoms with E-state index in [4.69, 9.17) is 4.74 Å². The second-order valence-corrected chi connectivity index (χ2v) is 6.15. The molecule has 0 bridgehead atoms. The van der Waals surface area contributed by atoms with Crippen LogP contribution in [0.2, 0.25) is 0 Å². The molecule has 1 unspecified atom stereocenters. The first-order chi connectivity index (χ1) is 11.2. The van der Waals surface area contributed by atoms with Gasteiger partial charge in [0, 0.05) is 19.3 Å². The molecule has 0 saturated carbocycles. The third-order valence-corrected chi connectivity index (χ3v) is 3.88. The van der Waals surface area contributed by atoms with Gasteiger partial charge in [0.15, 0.2) is 0 Å². The molecule has 4 heteroatoms. The second-order valence-electron chi connectivity index (χ2n) is 6.15. The zero-order valence-corrected chi connectivity index (χ0v) is 14.6. The van der Waals surface area contributed by atoms with Gasteiger partial charge in [-0.3, -0.25) is 4.68 Å². The van der Waals surface area contributed by atoms with Crippen LogP contribution in [-0.2, 0) is 11.3 Å². The number of hydrogen-bond donors (Lipinski definition) is 0. The summed E-state index contributed by atoms with van der Waals surface area (Å²) in [6, 6.07) is 12.5. The van der Waals surface area contributed by atoms with Crippen molar-refractivity contribution in [3.8, 4) is 0 Å². The zero-order chi connectivity index (χ0) is 16.5. The van der Waals surface area contributed by atoms with Crippen LogP contribution >= 0.6 is 0 Å². The molecule has 0 aliphatic heterocycles. The molecule has 1 heterocycles. The van der Waals surface area contributed by atoms with Gasteiger partial charge in [0.05, 0.1) is 5.69 Å². The summed E-state index contributed by atoms with van der Waals surface area (Å²) in [6.07, 6.45) is 5.16. The van der Waals surface area contributed by atoms with Crippen LogP contribution in [0, 0.1) is 0 Å². The van der Waals surface area contributed by atoms with Gasteiger partial charge in [-0.25, -0.2) is 0 Å². The number of benzene rings is 1. The van der Waals surface area contributed by atoms with E-state index in [2.05, 4.69) is 66.0 Å². The highest BCUT2D eigenvalue weighted by molar-refractivity contribution is 5.25. The molecular formula is C19H29N3O. The van der Waals surface area contributed by atoms with Crippen LogP contribution in [0.4, 0.5) is 0 Å². The normalized spacial score (nSPS) is 12.7. The van der Waals surface area contributed by atoms with Gasteiger partial charge in [-0.1, -0.05) is 43.7 Å². The molecule has 0 N–H and O–H groups in total. The molecule has 0 aliphatic rings. The van der Waals surface area contributed by atoms with Crippen molar-refractivity contribution in [2.45, 2.75) is 38.8 Å². The van der Waals surface area contributed by atoms with E-state index in [1.54, 1.807) is 0 Å². The maximum Gasteiger partial charge on any atom is 0.124 e. The number of nitrogens with zero attached hydrogens (tertiary/aromatic N) is 3. The van der Waals surface area contributed by atoms with Crippen LogP contribution in [0.15, 0.2) is 42.6 Å². The predicted molar refractivity (Wildman–Crippen MR) is 94.5 cm³/mol. The summed E-state index contributed by atoms with van der Waals surface area (Å²) in [5.74, 6) is 0. The van der Waals surface area contributed by atoms with Crippen LogP contribution in [0.3, 0.4) is 0 Å². The maximum atomic E-state index is 6.26. The Morgan fingerprint density at radius 2 is 1.91 bits per heavy atom. The molecule has 0 fully saturated rings. The Morgan fingerprint density at radius 3 is 2.61 bits per heavy atom. The van der Waals surface area contributed by atoms with Crippen molar-refractivity contribution in [3.63, 3.8) is 0 Å². The van der Waals surface area contributed by atoms with Crippen molar-refractivity contribution >= 4 is 0 Å². The lowest BCUT2D eigenvalue weighted by Gasteiger charge is -2.20. The van der Waals surface area contributed by atoms with Gasteiger partial charge in [-0.15, -0.1) is 0 Å². The lowest BCUT2D eigenvalue weighted by molar-refractivity contribution is 0.0685. The largest absolute Gasteiger partial charge is 0.367 e. The Morgan fingerprint density at radius 1 is 1.13 bits per heavy atom. The summed E-state index contributed by atoms with van der Waals surface area (Å²) < 4.78 is 8.35. The van der Waals surface area contributed by atoms with Crippen molar-refractivity contribution in [3.05, 3.63) is 53.9 Å². The molecule has 0 saturated heterocycles. The minimum atomic E-state index is -0.0438. The summed E-state index contributed by atoms with van der Waals surface area (Å²) >= 11 is 0. The number of rotatable bonds is 10. The molecule has 1 atom stereocenters. The van der Waals surface area contributed by atoms with Crippen LogP contribution in [-0.4, -0.2) is 41.9 Å². The highest BCUT2D eigenvalue weighted by Crippen LogP contribution is 2.26. The molecule has 2 rings (SSSR count). The Bertz CT molecular complexity index is 551. The van der Waals surface area contributed by atoms with Gasteiger partial charge in [-0.05, 0) is 45.1 Å². The molecular weight excluding hydrogens is 286 g/mol. The number of unbranched alkanes of at least 4 members (excludes halogenated alkanes) is 1. The van der Waals surface area contributed by atoms with Crippen molar-refractivity contribution < 1.29 is 4.74 Å². The van der Waals surface area contributed by atoms with Gasteiger partial charge in [0.25, 0.3) is 0 Å². The number of hydrogen-bond acceptors (Lipinski definition) is 3. The first-order valence-electron chi connectivity index (χ1n) is 8.55. The van der Waals surface area contributed by atoms with E-state index >= 15 is 0 Å². The average molecular weight is 315 g/mol. The molecule has 126 valence electrons. The lowest BCUT2D eigenvalue weighted by Crippen LogP contribution is -2.18. The third-order valence-electron chi connectivity index (χ3n) is 3.88. The van der Waals surface area contributed by atoms with E-state index in [0.717, 1.165) is 38.2 Å². The fourth-order valence-corrected chi connectivity index (χ4v) is 2.62. The Kier molecular flexibility index (Phi) is 7.30. The monoisotopic (exact) mass is 315 g/mol. The van der Waals surface area contributed by atoms with Crippen LogP contribution in [0.25, 0.3) is 0 Å². The van der Waals surface area contributed by atoms with E-state index in [1.807, 2.05) is 12.3 Å². The first kappa shape index (κ1) is 17.7. The van der Waals surface area contributed by atoms with Crippen molar-refractivity contribution in [2.75, 3.05) is 27.2 Å². The van der Waals surface area contributed by atoms with Gasteiger partial charge < -0.3 is 9.64 Å². The molecule has 2 aromatic rings. The summed E-state index contributed by atoms with van der Waals surface area (Å²) in [7, 11) is 4.18. The first-order valence-corrected chi connectivity index (χ1v) is 8.55. The fourth-order valence-electron chi connectivity index (χ4n) is 2.62. The molecule has 1 aromatic heterocycles. The van der Waals surface area contributed by atoms with Gasteiger partial charge in [0.1, 0.15) is 6.10 Å². The molecule has 23 heavy (non-hydrogen) atoms. The predicted octanol–water partition coefficient (Wildman–Crippen LogP) is 3.74. The smallest absolute Gasteiger partial charge is 0.124 e. The zero-order valence-electron chi connectivity index (χ0n) is 14.6. The van der Waals surface area contributed by atoms with Crippen molar-refractivity contribution in [1.29, 1.82) is 0 Å². The SMILES string of the molecule is CCCCn1nccc1C(OCCCN(C)C)c1ccccc1. The van der Waals surface area contributed by atoms with E-state index in [-0.39, 0.29) is 6.10 Å². The quantitative estimate of drug-likeness (QED) is 0.626. The van der Waals surface area contributed by atoms with Crippen LogP contribution < -0.4 is 0 Å². The van der Waals surface area contributed by atoms with E-state index in [9.17, 15) is 0 Å². The molecule has 0 aliphatic carbocycles. The summed E-state index contributed by atoms with van der Waals surface area (Å²) in [5, 5.41) is 4.49. The minimum absolute atomic E-state index is 0.0438. The third kappa shape index (κ3) is 5.48. The highest BCUT2D eigenvalue weighted by Gasteiger charge is 2.18. The minimum Gasteiger partial charge on any atom is -0.367 e. The van der Waals surface area contributed by atoms with E-state index in [0.29, 0.717) is 0 Å². The number of aryl methyl sites for hydroxylation is 1. The van der Waals surface area contributed by atoms with E-state index < -0.39 is 0 Å². The molecule has 0 amide bonds. The Labute approximate surface area is 140 Å². The van der Waals surface area contributed by atoms with Gasteiger partial charge >= 0.3 is 0 Å². The molecule has 0 radical (unpaired) electrons. The van der Waals surface area contributed by atoms with Crippen molar-refractivity contribution in [2.24, 2.45) is 0 Å². The molecule has 0 spiro atoms. The van der Waals surface area contributed by atoms with E-state index in [1.165, 1.54) is 12.0 Å². The maximum absolute atomic E-state index is 6.26. The Hall–Kier alpha value is -1.65. The van der Waals surface area contributed by atoms with Gasteiger partial charge in [0.2, 0.25) is 0 Å². The van der Waals surface area contributed by atoms with Crippen molar-refractivity contribution in [1.82, 2.24) is 14.7 Å². The highest BCUT2D eigenvalue weighted by atomic mass is 16.5. The van der Waals surface area contributed by atoms with Gasteiger partial charge in [-0.2, -0.15) is 5.10 Å². The molecule has 4 nitrogen and oxygen atoms in total.